The van der Waals surface area contributed by atoms with Crippen LogP contribution < -0.4 is 0 Å². The van der Waals surface area contributed by atoms with Gasteiger partial charge in [-0.2, -0.15) is 0 Å². The molecule has 0 bridgehead atoms. The minimum absolute atomic E-state index is 0.0537. The van der Waals surface area contributed by atoms with Crippen molar-refractivity contribution >= 4 is 40.2 Å². The van der Waals surface area contributed by atoms with E-state index in [0.29, 0.717) is 4.32 Å². The molecule has 0 heterocycles. The Morgan fingerprint density at radius 1 is 1.31 bits per heavy atom. The summed E-state index contributed by atoms with van der Waals surface area (Å²) in [4.78, 5) is 24.2. The van der Waals surface area contributed by atoms with Gasteiger partial charge < -0.3 is 14.4 Å². The number of thioether (sulfide) groups is 1. The summed E-state index contributed by atoms with van der Waals surface area (Å²) in [5.74, 6) is -0.955. The lowest BCUT2D eigenvalue weighted by Gasteiger charge is -2.17. The van der Waals surface area contributed by atoms with Crippen LogP contribution in [0.15, 0.2) is 0 Å². The fourth-order valence-corrected chi connectivity index (χ4v) is 1.98. The number of ether oxygens (including phenoxy) is 2. The Kier molecular flexibility index (Phi) is 7.07. The van der Waals surface area contributed by atoms with E-state index in [1.54, 1.807) is 19.0 Å². The van der Waals surface area contributed by atoms with E-state index in [9.17, 15) is 9.59 Å². The molecule has 0 amide bonds. The molecule has 0 aliphatic rings. The summed E-state index contributed by atoms with van der Waals surface area (Å²) in [6.07, 6.45) is -0.0537. The number of carbonyl (C=O) groups excluding carboxylic acids is 2. The Balaban J connectivity index is 4.49. The van der Waals surface area contributed by atoms with Gasteiger partial charge in [0.1, 0.15) is 9.57 Å². The van der Waals surface area contributed by atoms with E-state index in [0.717, 1.165) is 11.8 Å². The van der Waals surface area contributed by atoms with Gasteiger partial charge in [-0.05, 0) is 0 Å². The fourth-order valence-electron chi connectivity index (χ4n) is 0.766. The molecule has 0 aliphatic heterocycles. The molecule has 0 saturated heterocycles. The second-order valence-corrected chi connectivity index (χ2v) is 4.91. The van der Waals surface area contributed by atoms with Gasteiger partial charge in [-0.15, -0.1) is 0 Å². The third-order valence-electron chi connectivity index (χ3n) is 1.65. The van der Waals surface area contributed by atoms with Crippen molar-refractivity contribution in [3.63, 3.8) is 0 Å². The lowest BCUT2D eigenvalue weighted by atomic mass is 10.3. The highest BCUT2D eigenvalue weighted by Crippen LogP contribution is 2.20. The van der Waals surface area contributed by atoms with E-state index < -0.39 is 17.2 Å². The van der Waals surface area contributed by atoms with E-state index in [1.165, 1.54) is 14.2 Å². The van der Waals surface area contributed by atoms with Gasteiger partial charge in [0.15, 0.2) is 0 Å². The molecule has 0 spiro atoms. The van der Waals surface area contributed by atoms with E-state index in [4.69, 9.17) is 12.2 Å². The molecule has 0 aromatic carbocycles. The maximum atomic E-state index is 11.4. The van der Waals surface area contributed by atoms with Crippen LogP contribution in [0.2, 0.25) is 0 Å². The van der Waals surface area contributed by atoms with Gasteiger partial charge in [0.05, 0.1) is 20.6 Å². The summed E-state index contributed by atoms with van der Waals surface area (Å²) >= 11 is 6.15. The minimum Gasteiger partial charge on any atom is -0.469 e. The molecule has 1 unspecified atom stereocenters. The van der Waals surface area contributed by atoms with Crippen LogP contribution in [0, 0.1) is 0 Å². The number of rotatable bonds is 4. The minimum atomic E-state index is -0.660. The molecule has 0 aliphatic carbocycles. The van der Waals surface area contributed by atoms with Crippen molar-refractivity contribution < 1.29 is 19.1 Å². The summed E-state index contributed by atoms with van der Waals surface area (Å²) in [6.45, 7) is 0. The average Bonchev–Trinajstić information content (AvgIpc) is 2.26. The fraction of sp³-hybridized carbons (Fsp3) is 0.667. The normalized spacial score (nSPS) is 11.5. The van der Waals surface area contributed by atoms with Gasteiger partial charge in [0.25, 0.3) is 0 Å². The molecular weight excluding hydrogens is 250 g/mol. The largest absolute Gasteiger partial charge is 0.469 e. The Morgan fingerprint density at radius 3 is 2.25 bits per heavy atom. The number of nitrogens with zero attached hydrogens (tertiary/aromatic N) is 1. The Hall–Kier alpha value is -0.820. The average molecular weight is 265 g/mol. The lowest BCUT2D eigenvalue weighted by Crippen LogP contribution is -2.27. The molecule has 5 nitrogen and oxygen atoms in total. The summed E-state index contributed by atoms with van der Waals surface area (Å²) in [5.41, 5.74) is 0. The number of hydrogen-bond acceptors (Lipinski definition) is 6. The molecule has 0 radical (unpaired) electrons. The highest BCUT2D eigenvalue weighted by Gasteiger charge is 2.25. The van der Waals surface area contributed by atoms with E-state index in [1.807, 2.05) is 0 Å². The molecule has 7 heteroatoms. The van der Waals surface area contributed by atoms with Gasteiger partial charge in [-0.1, -0.05) is 24.0 Å². The summed E-state index contributed by atoms with van der Waals surface area (Å²) < 4.78 is 9.61. The van der Waals surface area contributed by atoms with Crippen LogP contribution in [0.4, 0.5) is 0 Å². The number of methoxy groups -OCH3 is 2. The number of hydrogen-bond donors (Lipinski definition) is 0. The SMILES string of the molecule is COC(=O)CC(SC(=S)N(C)C)C(=O)OC. The van der Waals surface area contributed by atoms with Crippen molar-refractivity contribution in [1.82, 2.24) is 4.90 Å². The number of thiocarbonyl (C=S) groups is 1. The van der Waals surface area contributed by atoms with Gasteiger partial charge in [-0.3, -0.25) is 9.59 Å². The first-order chi connectivity index (χ1) is 7.42. The molecule has 0 fully saturated rings. The van der Waals surface area contributed by atoms with E-state index >= 15 is 0 Å². The maximum Gasteiger partial charge on any atom is 0.319 e. The highest BCUT2D eigenvalue weighted by atomic mass is 32.2. The number of carbonyl (C=O) groups is 2. The predicted molar refractivity (Wildman–Crippen MR) is 66.3 cm³/mol. The quantitative estimate of drug-likeness (QED) is 0.547. The van der Waals surface area contributed by atoms with Gasteiger partial charge in [0, 0.05) is 14.1 Å². The topological polar surface area (TPSA) is 55.8 Å². The van der Waals surface area contributed by atoms with Crippen molar-refractivity contribution in [3.05, 3.63) is 0 Å². The second kappa shape index (κ2) is 7.45. The molecule has 0 aromatic heterocycles. The van der Waals surface area contributed by atoms with Crippen molar-refractivity contribution in [3.8, 4) is 0 Å². The van der Waals surface area contributed by atoms with Crippen LogP contribution >= 0.6 is 24.0 Å². The second-order valence-electron chi connectivity index (χ2n) is 3.07. The van der Waals surface area contributed by atoms with Crippen LogP contribution in [0.3, 0.4) is 0 Å². The van der Waals surface area contributed by atoms with Gasteiger partial charge in [-0.25, -0.2) is 0 Å². The third kappa shape index (κ3) is 5.32. The van der Waals surface area contributed by atoms with Crippen molar-refractivity contribution in [2.24, 2.45) is 0 Å². The molecule has 0 aromatic rings. The van der Waals surface area contributed by atoms with Crippen LogP contribution in [0.25, 0.3) is 0 Å². The zero-order valence-corrected chi connectivity index (χ0v) is 11.3. The number of esters is 2. The molecule has 16 heavy (non-hydrogen) atoms. The van der Waals surface area contributed by atoms with Crippen LogP contribution in [-0.4, -0.2) is 54.7 Å². The van der Waals surface area contributed by atoms with Crippen molar-refractivity contribution in [2.45, 2.75) is 11.7 Å². The molecule has 0 saturated carbocycles. The lowest BCUT2D eigenvalue weighted by molar-refractivity contribution is -0.146. The summed E-state index contributed by atoms with van der Waals surface area (Å²) in [7, 11) is 6.07. The predicted octanol–water partition coefficient (Wildman–Crippen LogP) is 0.671. The van der Waals surface area contributed by atoms with Crippen LogP contribution in [0.5, 0.6) is 0 Å². The summed E-state index contributed by atoms with van der Waals surface area (Å²) in [6, 6.07) is 0. The molecule has 92 valence electrons. The monoisotopic (exact) mass is 265 g/mol. The molecular formula is C9H15NO4S2. The first kappa shape index (κ1) is 15.2. The smallest absolute Gasteiger partial charge is 0.319 e. The molecule has 1 atom stereocenters. The van der Waals surface area contributed by atoms with E-state index in [-0.39, 0.29) is 6.42 Å². The Bertz CT molecular complexity index is 281. The zero-order chi connectivity index (χ0) is 12.7. The third-order valence-corrected chi connectivity index (χ3v) is 3.52. The molecule has 0 N–H and O–H groups in total. The van der Waals surface area contributed by atoms with E-state index in [2.05, 4.69) is 9.47 Å². The molecule has 0 rings (SSSR count). The first-order valence-electron chi connectivity index (χ1n) is 4.45. The Morgan fingerprint density at radius 2 is 1.88 bits per heavy atom. The zero-order valence-electron chi connectivity index (χ0n) is 9.68. The highest BCUT2D eigenvalue weighted by molar-refractivity contribution is 8.23. The van der Waals surface area contributed by atoms with Crippen LogP contribution in [0.1, 0.15) is 6.42 Å². The Labute approximate surface area is 104 Å². The first-order valence-corrected chi connectivity index (χ1v) is 5.73. The van der Waals surface area contributed by atoms with Crippen molar-refractivity contribution in [1.29, 1.82) is 0 Å². The van der Waals surface area contributed by atoms with Crippen molar-refractivity contribution in [2.75, 3.05) is 28.3 Å². The maximum absolute atomic E-state index is 11.4. The van der Waals surface area contributed by atoms with Gasteiger partial charge in [0.2, 0.25) is 0 Å². The standard InChI is InChI=1S/C9H15NO4S2/c1-10(2)9(15)16-6(8(12)14-4)5-7(11)13-3/h6H,5H2,1-4H3. The van der Waals surface area contributed by atoms with Crippen LogP contribution in [-0.2, 0) is 19.1 Å². The van der Waals surface area contributed by atoms with Gasteiger partial charge >= 0.3 is 11.9 Å². The summed E-state index contributed by atoms with van der Waals surface area (Å²) in [5, 5.41) is -0.660.